The summed E-state index contributed by atoms with van der Waals surface area (Å²) in [6.45, 7) is 0. The molecule has 0 fully saturated rings. The number of aromatic amines is 2. The SMILES string of the molecule is CN(N)C(=O)C(N)c1ccc2[nH]c(=O)[nH]c2c1. The summed E-state index contributed by atoms with van der Waals surface area (Å²) in [5, 5.41) is 0.939. The monoisotopic (exact) mass is 235 g/mol. The van der Waals surface area contributed by atoms with Gasteiger partial charge in [-0.3, -0.25) is 9.80 Å². The Labute approximate surface area is 96.4 Å². The highest BCUT2D eigenvalue weighted by atomic mass is 16.2. The Kier molecular flexibility index (Phi) is 2.70. The van der Waals surface area contributed by atoms with E-state index in [1.165, 1.54) is 7.05 Å². The highest BCUT2D eigenvalue weighted by molar-refractivity contribution is 5.84. The van der Waals surface area contributed by atoms with Gasteiger partial charge in [0.05, 0.1) is 11.0 Å². The van der Waals surface area contributed by atoms with Crippen molar-refractivity contribution in [1.82, 2.24) is 15.0 Å². The number of likely N-dealkylation sites (N-methyl/N-ethyl adjacent to an activating group) is 1. The Morgan fingerprint density at radius 2 is 2.00 bits per heavy atom. The minimum atomic E-state index is -0.840. The average Bonchev–Trinajstić information content (AvgIpc) is 2.65. The number of hydrogen-bond acceptors (Lipinski definition) is 4. The zero-order valence-electron chi connectivity index (χ0n) is 9.23. The van der Waals surface area contributed by atoms with E-state index in [0.29, 0.717) is 16.6 Å². The van der Waals surface area contributed by atoms with Crippen molar-refractivity contribution in [1.29, 1.82) is 0 Å². The third-order valence-electron chi connectivity index (χ3n) is 2.51. The maximum absolute atomic E-state index is 11.6. The Balaban J connectivity index is 2.42. The fraction of sp³-hybridized carbons (Fsp3) is 0.200. The lowest BCUT2D eigenvalue weighted by Gasteiger charge is -2.16. The van der Waals surface area contributed by atoms with Crippen molar-refractivity contribution >= 4 is 16.9 Å². The maximum Gasteiger partial charge on any atom is 0.323 e. The lowest BCUT2D eigenvalue weighted by Crippen LogP contribution is -2.40. The van der Waals surface area contributed by atoms with Crippen LogP contribution in [0.25, 0.3) is 11.0 Å². The first-order valence-corrected chi connectivity index (χ1v) is 4.99. The van der Waals surface area contributed by atoms with Crippen molar-refractivity contribution < 1.29 is 4.79 Å². The fourth-order valence-corrected chi connectivity index (χ4v) is 1.61. The van der Waals surface area contributed by atoms with Crippen LogP contribution in [0.1, 0.15) is 11.6 Å². The second-order valence-corrected chi connectivity index (χ2v) is 3.81. The van der Waals surface area contributed by atoms with Crippen molar-refractivity contribution in [2.24, 2.45) is 11.6 Å². The molecule has 1 aromatic heterocycles. The Bertz CT molecular complexity index is 612. The number of aromatic nitrogens is 2. The van der Waals surface area contributed by atoms with Crippen molar-refractivity contribution in [3.8, 4) is 0 Å². The van der Waals surface area contributed by atoms with E-state index in [-0.39, 0.29) is 5.69 Å². The first-order valence-electron chi connectivity index (χ1n) is 4.99. The van der Waals surface area contributed by atoms with E-state index in [0.717, 1.165) is 5.01 Å². The van der Waals surface area contributed by atoms with Gasteiger partial charge in [-0.25, -0.2) is 10.6 Å². The molecule has 2 aromatic rings. The third kappa shape index (κ3) is 2.05. The molecule has 1 aromatic carbocycles. The van der Waals surface area contributed by atoms with Crippen LogP contribution in [0.4, 0.5) is 0 Å². The molecule has 0 aliphatic heterocycles. The van der Waals surface area contributed by atoms with Crippen LogP contribution in [-0.4, -0.2) is 27.9 Å². The zero-order valence-corrected chi connectivity index (χ0v) is 9.23. The topological polar surface area (TPSA) is 121 Å². The number of nitrogens with zero attached hydrogens (tertiary/aromatic N) is 1. The van der Waals surface area contributed by atoms with Gasteiger partial charge in [-0.05, 0) is 17.7 Å². The van der Waals surface area contributed by atoms with Gasteiger partial charge in [-0.15, -0.1) is 0 Å². The van der Waals surface area contributed by atoms with Crippen LogP contribution in [0.5, 0.6) is 0 Å². The van der Waals surface area contributed by atoms with E-state index in [1.807, 2.05) is 0 Å². The summed E-state index contributed by atoms with van der Waals surface area (Å²) in [4.78, 5) is 27.9. The van der Waals surface area contributed by atoms with Gasteiger partial charge in [-0.1, -0.05) is 6.07 Å². The molecule has 0 spiro atoms. The Morgan fingerprint density at radius 1 is 1.35 bits per heavy atom. The molecule has 17 heavy (non-hydrogen) atoms. The van der Waals surface area contributed by atoms with Gasteiger partial charge in [0.1, 0.15) is 6.04 Å². The van der Waals surface area contributed by atoms with E-state index >= 15 is 0 Å². The summed E-state index contributed by atoms with van der Waals surface area (Å²) in [5.74, 6) is 4.93. The van der Waals surface area contributed by atoms with Gasteiger partial charge in [0.2, 0.25) is 0 Å². The van der Waals surface area contributed by atoms with Gasteiger partial charge < -0.3 is 15.7 Å². The molecule has 0 saturated carbocycles. The number of hydrazine groups is 1. The number of H-pyrrole nitrogens is 2. The lowest BCUT2D eigenvalue weighted by molar-refractivity contribution is -0.131. The second-order valence-electron chi connectivity index (χ2n) is 3.81. The number of imidazole rings is 1. The molecule has 7 nitrogen and oxygen atoms in total. The van der Waals surface area contributed by atoms with Crippen molar-refractivity contribution in [3.05, 3.63) is 34.2 Å². The molecule has 90 valence electrons. The molecule has 6 N–H and O–H groups in total. The zero-order chi connectivity index (χ0) is 12.6. The van der Waals surface area contributed by atoms with Crippen molar-refractivity contribution in [2.75, 3.05) is 7.05 Å². The number of nitrogens with one attached hydrogen (secondary N) is 2. The van der Waals surface area contributed by atoms with Crippen LogP contribution in [-0.2, 0) is 4.79 Å². The van der Waals surface area contributed by atoms with Gasteiger partial charge in [0.25, 0.3) is 5.91 Å². The second kappa shape index (κ2) is 4.04. The number of amides is 1. The molecule has 1 atom stereocenters. The number of benzene rings is 1. The number of carbonyl (C=O) groups excluding carboxylic acids is 1. The molecule has 2 rings (SSSR count). The largest absolute Gasteiger partial charge is 0.323 e. The summed E-state index contributed by atoms with van der Waals surface area (Å²) < 4.78 is 0. The van der Waals surface area contributed by atoms with Crippen LogP contribution < -0.4 is 17.3 Å². The van der Waals surface area contributed by atoms with Gasteiger partial charge >= 0.3 is 5.69 Å². The minimum absolute atomic E-state index is 0.298. The smallest absolute Gasteiger partial charge is 0.316 e. The molecule has 1 unspecified atom stereocenters. The molecule has 0 aliphatic carbocycles. The van der Waals surface area contributed by atoms with E-state index in [4.69, 9.17) is 11.6 Å². The van der Waals surface area contributed by atoms with Gasteiger partial charge in [-0.2, -0.15) is 0 Å². The predicted octanol–water partition coefficient (Wildman–Crippen LogP) is -0.812. The molecule has 7 heteroatoms. The maximum atomic E-state index is 11.6. The lowest BCUT2D eigenvalue weighted by atomic mass is 10.1. The first kappa shape index (κ1) is 11.4. The summed E-state index contributed by atoms with van der Waals surface area (Å²) in [7, 11) is 1.43. The van der Waals surface area contributed by atoms with Gasteiger partial charge in [0.15, 0.2) is 0 Å². The van der Waals surface area contributed by atoms with E-state index in [1.54, 1.807) is 18.2 Å². The summed E-state index contributed by atoms with van der Waals surface area (Å²) in [6, 6.07) is 4.18. The van der Waals surface area contributed by atoms with Gasteiger partial charge in [0, 0.05) is 7.05 Å². The summed E-state index contributed by atoms with van der Waals surface area (Å²) in [6.07, 6.45) is 0. The normalized spacial score (nSPS) is 12.6. The van der Waals surface area contributed by atoms with Crippen LogP contribution in [0.15, 0.2) is 23.0 Å². The third-order valence-corrected chi connectivity index (χ3v) is 2.51. The highest BCUT2D eigenvalue weighted by Crippen LogP contribution is 2.16. The van der Waals surface area contributed by atoms with Crippen LogP contribution >= 0.6 is 0 Å². The van der Waals surface area contributed by atoms with E-state index in [2.05, 4.69) is 9.97 Å². The summed E-state index contributed by atoms with van der Waals surface area (Å²) >= 11 is 0. The molecular formula is C10H13N5O2. The summed E-state index contributed by atoms with van der Waals surface area (Å²) in [5.41, 5.74) is 7.33. The number of fused-ring (bicyclic) bond motifs is 1. The predicted molar refractivity (Wildman–Crippen MR) is 62.8 cm³/mol. The molecule has 0 aliphatic rings. The molecule has 1 heterocycles. The number of nitrogens with two attached hydrogens (primary N) is 2. The number of rotatable bonds is 2. The fourth-order valence-electron chi connectivity index (χ4n) is 1.61. The standard InChI is InChI=1S/C10H13N5O2/c1-15(12)9(16)8(11)5-2-3-6-7(4-5)14-10(17)13-6/h2-4,8H,11-12H2,1H3,(H2,13,14,17). The van der Waals surface area contributed by atoms with Crippen LogP contribution in [0.3, 0.4) is 0 Å². The molecule has 0 bridgehead atoms. The van der Waals surface area contributed by atoms with E-state index < -0.39 is 11.9 Å². The Hall–Kier alpha value is -2.12. The molecular weight excluding hydrogens is 222 g/mol. The van der Waals surface area contributed by atoms with Crippen molar-refractivity contribution in [2.45, 2.75) is 6.04 Å². The van der Waals surface area contributed by atoms with Crippen LogP contribution in [0, 0.1) is 0 Å². The molecule has 0 radical (unpaired) electrons. The highest BCUT2D eigenvalue weighted by Gasteiger charge is 2.18. The minimum Gasteiger partial charge on any atom is -0.316 e. The Morgan fingerprint density at radius 3 is 2.65 bits per heavy atom. The number of carbonyl (C=O) groups is 1. The molecule has 0 saturated heterocycles. The molecule has 1 amide bonds. The first-order chi connectivity index (χ1) is 7.99. The number of hydrogen-bond donors (Lipinski definition) is 4. The van der Waals surface area contributed by atoms with Crippen molar-refractivity contribution in [3.63, 3.8) is 0 Å². The van der Waals surface area contributed by atoms with Crippen LogP contribution in [0.2, 0.25) is 0 Å². The average molecular weight is 235 g/mol. The quantitative estimate of drug-likeness (QED) is 0.309. The van der Waals surface area contributed by atoms with E-state index in [9.17, 15) is 9.59 Å².